The summed E-state index contributed by atoms with van der Waals surface area (Å²) in [6.45, 7) is 2.74. The molecule has 0 bridgehead atoms. The first-order chi connectivity index (χ1) is 13.3. The molecule has 0 atom stereocenters. The number of rotatable bonds is 3. The smallest absolute Gasteiger partial charge is 0.359 e. The molecule has 4 rings (SSSR count). The first-order valence-corrected chi connectivity index (χ1v) is 10.0. The summed E-state index contributed by atoms with van der Waals surface area (Å²) in [4.78, 5) is 28.8. The zero-order valence-electron chi connectivity index (χ0n) is 15.5. The minimum absolute atomic E-state index is 0.0436. The molecule has 0 aromatic carbocycles. The first-order valence-electron chi connectivity index (χ1n) is 9.23. The number of thiophene rings is 1. The molecule has 3 heterocycles. The third kappa shape index (κ3) is 3.13. The number of halogens is 3. The molecule has 6 nitrogen and oxygen atoms in total. The van der Waals surface area contributed by atoms with Gasteiger partial charge in [-0.2, -0.15) is 13.2 Å². The van der Waals surface area contributed by atoms with Gasteiger partial charge in [0.05, 0.1) is 17.6 Å². The lowest BCUT2D eigenvalue weighted by molar-refractivity contribution is -0.183. The molecule has 0 N–H and O–H groups in total. The van der Waals surface area contributed by atoms with E-state index in [1.54, 1.807) is 0 Å². The Bertz CT molecular complexity index is 1070. The van der Waals surface area contributed by atoms with E-state index in [9.17, 15) is 18.0 Å². The molecule has 0 unspecified atom stereocenters. The van der Waals surface area contributed by atoms with Crippen molar-refractivity contribution in [1.82, 2.24) is 19.5 Å². The van der Waals surface area contributed by atoms with Crippen molar-refractivity contribution in [3.05, 3.63) is 23.0 Å². The van der Waals surface area contributed by atoms with Crippen molar-refractivity contribution in [3.63, 3.8) is 0 Å². The van der Waals surface area contributed by atoms with E-state index in [1.807, 2.05) is 18.9 Å². The topological polar surface area (TPSA) is 63.9 Å². The third-order valence-electron chi connectivity index (χ3n) is 5.57. The minimum atomic E-state index is -4.16. The van der Waals surface area contributed by atoms with E-state index >= 15 is 0 Å². The number of hydrogen-bond acceptors (Lipinski definition) is 6. The van der Waals surface area contributed by atoms with Crippen LogP contribution in [0.2, 0.25) is 0 Å². The molecule has 10 heteroatoms. The molecule has 1 saturated carbocycles. The van der Waals surface area contributed by atoms with Crippen molar-refractivity contribution in [3.8, 4) is 0 Å². The van der Waals surface area contributed by atoms with Crippen molar-refractivity contribution in [1.29, 1.82) is 0 Å². The molecule has 3 aromatic heterocycles. The Hall–Kier alpha value is -2.23. The molecule has 1 fully saturated rings. The molecule has 28 heavy (non-hydrogen) atoms. The number of anilines is 1. The summed E-state index contributed by atoms with van der Waals surface area (Å²) in [7, 11) is 1.91. The molecule has 0 aliphatic heterocycles. The van der Waals surface area contributed by atoms with Crippen LogP contribution in [0.5, 0.6) is 0 Å². The van der Waals surface area contributed by atoms with Gasteiger partial charge in [0, 0.05) is 19.6 Å². The zero-order chi connectivity index (χ0) is 20.1. The minimum Gasteiger partial charge on any atom is -0.359 e. The first kappa shape index (κ1) is 19.1. The molecule has 0 saturated heterocycles. The average molecular weight is 411 g/mol. The molecule has 150 valence electrons. The van der Waals surface area contributed by atoms with Gasteiger partial charge in [0.1, 0.15) is 27.2 Å². The zero-order valence-corrected chi connectivity index (χ0v) is 16.3. The summed E-state index contributed by atoms with van der Waals surface area (Å²) in [5.41, 5.74) is 0.342. The highest BCUT2D eigenvalue weighted by atomic mass is 32.1. The molecule has 0 radical (unpaired) electrons. The summed E-state index contributed by atoms with van der Waals surface area (Å²) >= 11 is 1.26. The van der Waals surface area contributed by atoms with E-state index in [2.05, 4.69) is 15.0 Å². The number of nitrogens with zero attached hydrogens (tertiary/aromatic N) is 5. The van der Waals surface area contributed by atoms with E-state index < -0.39 is 12.1 Å². The summed E-state index contributed by atoms with van der Waals surface area (Å²) in [5.74, 6) is -0.558. The van der Waals surface area contributed by atoms with Crippen LogP contribution in [0.1, 0.15) is 38.6 Å². The van der Waals surface area contributed by atoms with Gasteiger partial charge in [0.2, 0.25) is 0 Å². The van der Waals surface area contributed by atoms with Gasteiger partial charge in [0.15, 0.2) is 0 Å². The van der Waals surface area contributed by atoms with Crippen molar-refractivity contribution < 1.29 is 13.2 Å². The van der Waals surface area contributed by atoms with Gasteiger partial charge < -0.3 is 4.90 Å². The van der Waals surface area contributed by atoms with Gasteiger partial charge in [-0.25, -0.2) is 15.0 Å². The van der Waals surface area contributed by atoms with E-state index in [4.69, 9.17) is 0 Å². The normalized spacial score (nSPS) is 20.8. The molecule has 0 spiro atoms. The van der Waals surface area contributed by atoms with Gasteiger partial charge in [-0.15, -0.1) is 11.3 Å². The second kappa shape index (κ2) is 6.98. The Labute approximate surface area is 163 Å². The van der Waals surface area contributed by atoms with Crippen molar-refractivity contribution in [2.24, 2.45) is 5.92 Å². The van der Waals surface area contributed by atoms with Crippen LogP contribution in [0.4, 0.5) is 19.0 Å². The highest BCUT2D eigenvalue weighted by Gasteiger charge is 2.41. The van der Waals surface area contributed by atoms with E-state index in [-0.39, 0.29) is 24.4 Å². The number of aromatic nitrogens is 4. The Kier molecular flexibility index (Phi) is 4.76. The Morgan fingerprint density at radius 3 is 2.57 bits per heavy atom. The highest BCUT2D eigenvalue weighted by Crippen LogP contribution is 2.41. The predicted molar refractivity (Wildman–Crippen MR) is 103 cm³/mol. The van der Waals surface area contributed by atoms with Gasteiger partial charge in [-0.3, -0.25) is 9.36 Å². The maximum Gasteiger partial charge on any atom is 0.391 e. The van der Waals surface area contributed by atoms with E-state index in [0.717, 1.165) is 11.9 Å². The van der Waals surface area contributed by atoms with Crippen LogP contribution >= 0.6 is 11.3 Å². The molecule has 1 aliphatic carbocycles. The number of fused-ring (bicyclic) bond motifs is 3. The van der Waals surface area contributed by atoms with Crippen LogP contribution in [-0.2, 0) is 0 Å². The summed E-state index contributed by atoms with van der Waals surface area (Å²) in [6.07, 6.45) is -0.486. The fraction of sp³-hybridized carbons (Fsp3) is 0.556. The highest BCUT2D eigenvalue weighted by molar-refractivity contribution is 7.25. The van der Waals surface area contributed by atoms with Crippen LogP contribution < -0.4 is 10.5 Å². The predicted octanol–water partition coefficient (Wildman–Crippen LogP) is 4.15. The van der Waals surface area contributed by atoms with Crippen molar-refractivity contribution in [2.45, 2.75) is 44.8 Å². The van der Waals surface area contributed by atoms with E-state index in [1.165, 1.54) is 28.6 Å². The van der Waals surface area contributed by atoms with Crippen molar-refractivity contribution in [2.75, 3.05) is 18.5 Å². The van der Waals surface area contributed by atoms with Crippen molar-refractivity contribution >= 4 is 37.6 Å². The Morgan fingerprint density at radius 1 is 1.21 bits per heavy atom. The second-order valence-electron chi connectivity index (χ2n) is 7.18. The van der Waals surface area contributed by atoms with Crippen LogP contribution in [0.25, 0.3) is 20.4 Å². The average Bonchev–Trinajstić information content (AvgIpc) is 3.07. The van der Waals surface area contributed by atoms with Crippen LogP contribution in [0.3, 0.4) is 0 Å². The Morgan fingerprint density at radius 2 is 1.93 bits per heavy atom. The summed E-state index contributed by atoms with van der Waals surface area (Å²) in [5, 5.41) is 0.747. The lowest BCUT2D eigenvalue weighted by Crippen LogP contribution is -2.32. The summed E-state index contributed by atoms with van der Waals surface area (Å²) < 4.78 is 40.7. The SMILES string of the molecule is CCN(C)c1ncnc2sc3c(=O)n(C4CCC(C(F)(F)F)CC4)cnc3c12. The van der Waals surface area contributed by atoms with E-state index in [0.29, 0.717) is 33.7 Å². The lowest BCUT2D eigenvalue weighted by atomic mass is 9.85. The third-order valence-corrected chi connectivity index (χ3v) is 6.65. The quantitative estimate of drug-likeness (QED) is 0.648. The molecule has 3 aromatic rings. The number of hydrogen-bond donors (Lipinski definition) is 0. The van der Waals surface area contributed by atoms with Gasteiger partial charge >= 0.3 is 6.18 Å². The van der Waals surface area contributed by atoms with Gasteiger partial charge in [-0.1, -0.05) is 0 Å². The van der Waals surface area contributed by atoms with Crippen LogP contribution in [-0.4, -0.2) is 39.3 Å². The fourth-order valence-corrected chi connectivity index (χ4v) is 4.87. The maximum atomic E-state index is 13.1. The Balaban J connectivity index is 1.75. The van der Waals surface area contributed by atoms with Gasteiger partial charge in [0.25, 0.3) is 5.56 Å². The van der Waals surface area contributed by atoms with Gasteiger partial charge in [-0.05, 0) is 32.6 Å². The maximum absolute atomic E-state index is 13.1. The lowest BCUT2D eigenvalue weighted by Gasteiger charge is -2.30. The fourth-order valence-electron chi connectivity index (χ4n) is 3.84. The molecule has 0 amide bonds. The standard InChI is InChI=1S/C18H20F3N5OS/c1-3-25(2)15-12-13-14(28-16(12)23-8-22-15)17(27)26(9-24-13)11-6-4-10(5-7-11)18(19,20)21/h8-11H,3-7H2,1-2H3. The largest absolute Gasteiger partial charge is 0.391 e. The molecular weight excluding hydrogens is 391 g/mol. The molecule has 1 aliphatic rings. The number of alkyl halides is 3. The van der Waals surface area contributed by atoms with Crippen LogP contribution in [0.15, 0.2) is 17.4 Å². The van der Waals surface area contributed by atoms with Crippen LogP contribution in [0, 0.1) is 5.92 Å². The molecular formula is C18H20F3N5OS. The monoisotopic (exact) mass is 411 g/mol. The second-order valence-corrected chi connectivity index (χ2v) is 8.17. The summed E-state index contributed by atoms with van der Waals surface area (Å²) in [6, 6.07) is -0.253.